The van der Waals surface area contributed by atoms with E-state index in [2.05, 4.69) is 15.2 Å². The summed E-state index contributed by atoms with van der Waals surface area (Å²) in [4.78, 5) is 4.30. The molecule has 0 aliphatic heterocycles. The summed E-state index contributed by atoms with van der Waals surface area (Å²) in [5.41, 5.74) is 8.47. The van der Waals surface area contributed by atoms with Gasteiger partial charge in [-0.3, -0.25) is 5.10 Å². The molecule has 0 aliphatic carbocycles. The Morgan fingerprint density at radius 1 is 1.33 bits per heavy atom. The van der Waals surface area contributed by atoms with Crippen LogP contribution in [-0.2, 0) is 0 Å². The van der Waals surface area contributed by atoms with Crippen LogP contribution in [0.1, 0.15) is 11.3 Å². The molecule has 0 atom stereocenters. The molecule has 0 amide bonds. The quantitative estimate of drug-likeness (QED) is 0.573. The van der Waals surface area contributed by atoms with E-state index in [1.54, 1.807) is 6.20 Å². The van der Waals surface area contributed by atoms with Crippen LogP contribution in [0.5, 0.6) is 0 Å². The van der Waals surface area contributed by atoms with Crippen LogP contribution in [0.3, 0.4) is 0 Å². The maximum absolute atomic E-state index is 5.86. The Kier molecular flexibility index (Phi) is 2.49. The van der Waals surface area contributed by atoms with Crippen LogP contribution in [-0.4, -0.2) is 16.0 Å². The fraction of sp³-hybridized carbons (Fsp3) is 0.0909. The lowest BCUT2D eigenvalue weighted by atomic mass is 10.2. The zero-order valence-electron chi connectivity index (χ0n) is 8.44. The third-order valence-corrected chi connectivity index (χ3v) is 2.11. The highest BCUT2D eigenvalue weighted by Gasteiger charge is 2.04. The molecule has 0 radical (unpaired) electrons. The van der Waals surface area contributed by atoms with E-state index < -0.39 is 0 Å². The summed E-state index contributed by atoms with van der Waals surface area (Å²) >= 11 is 0. The zero-order valence-corrected chi connectivity index (χ0v) is 8.44. The van der Waals surface area contributed by atoms with Crippen molar-refractivity contribution >= 4 is 11.5 Å². The maximum atomic E-state index is 5.86. The van der Waals surface area contributed by atoms with Crippen molar-refractivity contribution in [3.63, 3.8) is 0 Å². The van der Waals surface area contributed by atoms with Crippen LogP contribution in [0.15, 0.2) is 41.5 Å². The average molecular weight is 200 g/mol. The van der Waals surface area contributed by atoms with E-state index in [0.29, 0.717) is 5.84 Å². The van der Waals surface area contributed by atoms with Gasteiger partial charge in [-0.25, -0.2) is 4.99 Å². The standard InChI is InChI=1S/C11H12N4/c1-8-10(7-13-15-8)11(12)14-9-5-3-2-4-6-9/h2-7H,1H3,(H2,12,14)(H,13,15). The Morgan fingerprint density at radius 3 is 2.67 bits per heavy atom. The largest absolute Gasteiger partial charge is 0.383 e. The molecule has 76 valence electrons. The van der Waals surface area contributed by atoms with Gasteiger partial charge in [-0.1, -0.05) is 18.2 Å². The van der Waals surface area contributed by atoms with Gasteiger partial charge in [0.1, 0.15) is 5.84 Å². The molecular weight excluding hydrogens is 188 g/mol. The maximum Gasteiger partial charge on any atom is 0.134 e. The number of nitrogens with two attached hydrogens (primary N) is 1. The molecule has 1 heterocycles. The first-order chi connectivity index (χ1) is 7.27. The Labute approximate surface area is 87.9 Å². The number of aromatic nitrogens is 2. The van der Waals surface area contributed by atoms with Gasteiger partial charge in [0.05, 0.1) is 17.4 Å². The lowest BCUT2D eigenvalue weighted by Crippen LogP contribution is -2.13. The first-order valence-corrected chi connectivity index (χ1v) is 4.67. The van der Waals surface area contributed by atoms with Gasteiger partial charge in [-0.05, 0) is 19.1 Å². The second-order valence-corrected chi connectivity index (χ2v) is 3.24. The van der Waals surface area contributed by atoms with Gasteiger partial charge in [-0.2, -0.15) is 5.10 Å². The van der Waals surface area contributed by atoms with Crippen molar-refractivity contribution in [2.24, 2.45) is 10.7 Å². The summed E-state index contributed by atoms with van der Waals surface area (Å²) in [7, 11) is 0. The lowest BCUT2D eigenvalue weighted by Gasteiger charge is -1.98. The summed E-state index contributed by atoms with van der Waals surface area (Å²) in [6, 6.07) is 9.60. The van der Waals surface area contributed by atoms with Crippen LogP contribution >= 0.6 is 0 Å². The van der Waals surface area contributed by atoms with E-state index in [0.717, 1.165) is 16.9 Å². The van der Waals surface area contributed by atoms with Crippen molar-refractivity contribution < 1.29 is 0 Å². The summed E-state index contributed by atoms with van der Waals surface area (Å²) in [6.45, 7) is 1.91. The van der Waals surface area contributed by atoms with Gasteiger partial charge in [-0.15, -0.1) is 0 Å². The number of aryl methyl sites for hydroxylation is 1. The molecule has 0 fully saturated rings. The molecule has 1 aromatic carbocycles. The first kappa shape index (κ1) is 9.45. The molecule has 4 nitrogen and oxygen atoms in total. The summed E-state index contributed by atoms with van der Waals surface area (Å²) in [6.07, 6.45) is 1.68. The van der Waals surface area contributed by atoms with Gasteiger partial charge in [0.2, 0.25) is 0 Å². The third kappa shape index (κ3) is 2.04. The topological polar surface area (TPSA) is 67.1 Å². The number of rotatable bonds is 2. The number of hydrogen-bond acceptors (Lipinski definition) is 2. The Balaban J connectivity index is 2.33. The van der Waals surface area contributed by atoms with Crippen LogP contribution in [0.2, 0.25) is 0 Å². The van der Waals surface area contributed by atoms with Gasteiger partial charge >= 0.3 is 0 Å². The SMILES string of the molecule is Cc1[nH]ncc1C(N)=Nc1ccccc1. The highest BCUT2D eigenvalue weighted by Crippen LogP contribution is 2.12. The van der Waals surface area contributed by atoms with Gasteiger partial charge < -0.3 is 5.73 Å². The summed E-state index contributed by atoms with van der Waals surface area (Å²) < 4.78 is 0. The van der Waals surface area contributed by atoms with E-state index in [4.69, 9.17) is 5.73 Å². The summed E-state index contributed by atoms with van der Waals surface area (Å²) in [5, 5.41) is 6.72. The Hall–Kier alpha value is -2.10. The minimum absolute atomic E-state index is 0.479. The number of benzene rings is 1. The minimum Gasteiger partial charge on any atom is -0.383 e. The van der Waals surface area contributed by atoms with Gasteiger partial charge in [0.25, 0.3) is 0 Å². The Bertz CT molecular complexity index is 470. The first-order valence-electron chi connectivity index (χ1n) is 4.67. The second-order valence-electron chi connectivity index (χ2n) is 3.24. The van der Waals surface area contributed by atoms with Crippen LogP contribution in [0.4, 0.5) is 5.69 Å². The van der Waals surface area contributed by atoms with Crippen molar-refractivity contribution in [1.82, 2.24) is 10.2 Å². The van der Waals surface area contributed by atoms with E-state index in [1.807, 2.05) is 37.3 Å². The number of aromatic amines is 1. The number of H-pyrrole nitrogens is 1. The molecular formula is C11H12N4. The van der Waals surface area contributed by atoms with Crippen LogP contribution < -0.4 is 5.73 Å². The fourth-order valence-corrected chi connectivity index (χ4v) is 1.31. The number of nitrogens with one attached hydrogen (secondary N) is 1. The number of nitrogens with zero attached hydrogens (tertiary/aromatic N) is 2. The van der Waals surface area contributed by atoms with Crippen molar-refractivity contribution in [3.05, 3.63) is 47.8 Å². The van der Waals surface area contributed by atoms with Crippen molar-refractivity contribution in [2.75, 3.05) is 0 Å². The summed E-state index contributed by atoms with van der Waals surface area (Å²) in [5.74, 6) is 0.479. The highest BCUT2D eigenvalue weighted by atomic mass is 15.1. The van der Waals surface area contributed by atoms with Crippen molar-refractivity contribution in [2.45, 2.75) is 6.92 Å². The van der Waals surface area contributed by atoms with Crippen molar-refractivity contribution in [1.29, 1.82) is 0 Å². The monoisotopic (exact) mass is 200 g/mol. The number of para-hydroxylation sites is 1. The molecule has 0 saturated carbocycles. The fourth-order valence-electron chi connectivity index (χ4n) is 1.31. The highest BCUT2D eigenvalue weighted by molar-refractivity contribution is 5.99. The number of hydrogen-bond donors (Lipinski definition) is 2. The number of aliphatic imine (C=N–C) groups is 1. The zero-order chi connectivity index (χ0) is 10.7. The molecule has 0 unspecified atom stereocenters. The van der Waals surface area contributed by atoms with Crippen LogP contribution in [0, 0.1) is 6.92 Å². The molecule has 0 aliphatic rings. The van der Waals surface area contributed by atoms with Gasteiger partial charge in [0.15, 0.2) is 0 Å². The van der Waals surface area contributed by atoms with E-state index in [9.17, 15) is 0 Å². The average Bonchev–Trinajstić information content (AvgIpc) is 2.66. The molecule has 0 spiro atoms. The smallest absolute Gasteiger partial charge is 0.134 e. The predicted octanol–water partition coefficient (Wildman–Crippen LogP) is 1.76. The predicted molar refractivity (Wildman–Crippen MR) is 60.2 cm³/mol. The van der Waals surface area contributed by atoms with Crippen LogP contribution in [0.25, 0.3) is 0 Å². The molecule has 1 aromatic heterocycles. The van der Waals surface area contributed by atoms with E-state index in [-0.39, 0.29) is 0 Å². The van der Waals surface area contributed by atoms with Crippen molar-refractivity contribution in [3.8, 4) is 0 Å². The lowest BCUT2D eigenvalue weighted by molar-refractivity contribution is 1.05. The molecule has 2 rings (SSSR count). The molecule has 4 heteroatoms. The second kappa shape index (κ2) is 3.96. The Morgan fingerprint density at radius 2 is 2.07 bits per heavy atom. The van der Waals surface area contributed by atoms with Gasteiger partial charge in [0, 0.05) is 5.69 Å². The third-order valence-electron chi connectivity index (χ3n) is 2.11. The normalized spacial score (nSPS) is 11.7. The van der Waals surface area contributed by atoms with E-state index >= 15 is 0 Å². The molecule has 0 bridgehead atoms. The minimum atomic E-state index is 0.479. The molecule has 0 saturated heterocycles. The molecule has 3 N–H and O–H groups in total. The number of amidine groups is 1. The molecule has 15 heavy (non-hydrogen) atoms. The molecule has 2 aromatic rings. The van der Waals surface area contributed by atoms with E-state index in [1.165, 1.54) is 0 Å².